The quantitative estimate of drug-likeness (QED) is 0.406. The van der Waals surface area contributed by atoms with E-state index in [1.807, 2.05) is 0 Å². The Hall–Kier alpha value is -1.09. The van der Waals surface area contributed by atoms with E-state index >= 15 is 0 Å². The first-order chi connectivity index (χ1) is 11.1. The summed E-state index contributed by atoms with van der Waals surface area (Å²) in [5, 5.41) is 0. The van der Waals surface area contributed by atoms with E-state index in [1.54, 1.807) is 0 Å². The minimum Gasteiger partial charge on any atom is -0.461 e. The van der Waals surface area contributed by atoms with Crippen molar-refractivity contribution in [2.45, 2.75) is 96.4 Å². The minimum absolute atomic E-state index is 0.0536. The van der Waals surface area contributed by atoms with E-state index in [-0.39, 0.29) is 12.1 Å². The molecule has 3 heteroatoms. The number of hydrogen-bond donors (Lipinski definition) is 0. The third-order valence-electron chi connectivity index (χ3n) is 5.26. The number of ether oxygens (including phenoxy) is 1. The van der Waals surface area contributed by atoms with Crippen LogP contribution in [0.3, 0.4) is 0 Å². The number of nitrogens with zero attached hydrogens (tertiary/aromatic N) is 1. The molecule has 0 spiro atoms. The zero-order chi connectivity index (χ0) is 16.7. The van der Waals surface area contributed by atoms with Gasteiger partial charge in [-0.3, -0.25) is 9.69 Å². The molecule has 1 unspecified atom stereocenters. The molecule has 2 saturated heterocycles. The normalized spacial score (nSPS) is 32.3. The average Bonchev–Trinajstić information content (AvgIpc) is 2.53. The van der Waals surface area contributed by atoms with Crippen molar-refractivity contribution < 1.29 is 9.53 Å². The molecule has 23 heavy (non-hydrogen) atoms. The fourth-order valence-corrected chi connectivity index (χ4v) is 4.10. The predicted octanol–water partition coefficient (Wildman–Crippen LogP) is 4.63. The van der Waals surface area contributed by atoms with Gasteiger partial charge in [-0.05, 0) is 39.0 Å². The highest BCUT2D eigenvalue weighted by Gasteiger charge is 2.40. The summed E-state index contributed by atoms with van der Waals surface area (Å²) in [6.07, 6.45) is 18.7. The zero-order valence-corrected chi connectivity index (χ0v) is 15.0. The molecule has 0 bridgehead atoms. The third kappa shape index (κ3) is 5.20. The van der Waals surface area contributed by atoms with Crippen molar-refractivity contribution in [3.63, 3.8) is 0 Å². The summed E-state index contributed by atoms with van der Waals surface area (Å²) >= 11 is 0. The maximum atomic E-state index is 11.3. The van der Waals surface area contributed by atoms with Crippen LogP contribution in [-0.2, 0) is 9.53 Å². The lowest BCUT2D eigenvalue weighted by Gasteiger charge is -2.50. The van der Waals surface area contributed by atoms with E-state index in [2.05, 4.69) is 43.1 Å². The van der Waals surface area contributed by atoms with Gasteiger partial charge < -0.3 is 4.74 Å². The molecule has 0 aromatic heterocycles. The van der Waals surface area contributed by atoms with Crippen molar-refractivity contribution in [1.29, 1.82) is 0 Å². The molecule has 130 valence electrons. The van der Waals surface area contributed by atoms with Gasteiger partial charge in [0.2, 0.25) is 0 Å². The van der Waals surface area contributed by atoms with Crippen molar-refractivity contribution in [3.8, 4) is 0 Å². The van der Waals surface area contributed by atoms with Crippen molar-refractivity contribution in [2.24, 2.45) is 0 Å². The van der Waals surface area contributed by atoms with Gasteiger partial charge >= 0.3 is 5.97 Å². The molecule has 2 aliphatic rings. The molecule has 3 nitrogen and oxygen atoms in total. The van der Waals surface area contributed by atoms with Crippen molar-refractivity contribution in [2.75, 3.05) is 0 Å². The topological polar surface area (TPSA) is 29.5 Å². The summed E-state index contributed by atoms with van der Waals surface area (Å²) in [5.41, 5.74) is 0. The summed E-state index contributed by atoms with van der Waals surface area (Å²) in [5.74, 6) is -0.150. The highest BCUT2D eigenvalue weighted by Crippen LogP contribution is 2.35. The van der Waals surface area contributed by atoms with Crippen LogP contribution in [0.5, 0.6) is 0 Å². The zero-order valence-electron chi connectivity index (χ0n) is 15.0. The van der Waals surface area contributed by atoms with Crippen LogP contribution >= 0.6 is 0 Å². The molecule has 0 N–H and O–H groups in total. The molecule has 2 rings (SSSR count). The number of allylic oxidation sites excluding steroid dienone is 3. The molecular formula is C20H33NO2. The fourth-order valence-electron chi connectivity index (χ4n) is 4.10. The molecule has 0 radical (unpaired) electrons. The SMILES string of the molecule is CCCC/C=C/C=C/[C@@H]1CCCC2CC[C@@H](OC(C)=O)[C@H](C)N21. The van der Waals surface area contributed by atoms with Gasteiger partial charge in [-0.1, -0.05) is 50.5 Å². The second kappa shape index (κ2) is 9.27. The molecule has 0 aromatic carbocycles. The van der Waals surface area contributed by atoms with Gasteiger partial charge in [-0.25, -0.2) is 0 Å². The number of fused-ring (bicyclic) bond motifs is 1. The maximum absolute atomic E-state index is 11.3. The minimum atomic E-state index is -0.150. The second-order valence-electron chi connectivity index (χ2n) is 7.02. The lowest BCUT2D eigenvalue weighted by atomic mass is 9.84. The Morgan fingerprint density at radius 3 is 2.78 bits per heavy atom. The van der Waals surface area contributed by atoms with Crippen LogP contribution in [0, 0.1) is 0 Å². The largest absolute Gasteiger partial charge is 0.461 e. The van der Waals surface area contributed by atoms with Crippen molar-refractivity contribution in [3.05, 3.63) is 24.3 Å². The van der Waals surface area contributed by atoms with E-state index in [0.29, 0.717) is 18.1 Å². The van der Waals surface area contributed by atoms with E-state index in [1.165, 1.54) is 45.4 Å². The van der Waals surface area contributed by atoms with Crippen LogP contribution in [0.4, 0.5) is 0 Å². The van der Waals surface area contributed by atoms with Gasteiger partial charge in [-0.15, -0.1) is 0 Å². The van der Waals surface area contributed by atoms with Gasteiger partial charge in [0.05, 0.1) is 0 Å². The molecule has 0 saturated carbocycles. The van der Waals surface area contributed by atoms with E-state index in [9.17, 15) is 4.79 Å². The highest BCUT2D eigenvalue weighted by molar-refractivity contribution is 5.66. The average molecular weight is 319 g/mol. The van der Waals surface area contributed by atoms with Crippen LogP contribution in [-0.4, -0.2) is 35.1 Å². The maximum Gasteiger partial charge on any atom is 0.302 e. The summed E-state index contributed by atoms with van der Waals surface area (Å²) in [6, 6.07) is 1.46. The van der Waals surface area contributed by atoms with Gasteiger partial charge in [-0.2, -0.15) is 0 Å². The van der Waals surface area contributed by atoms with Gasteiger partial charge in [0, 0.05) is 25.0 Å². The van der Waals surface area contributed by atoms with Crippen LogP contribution < -0.4 is 0 Å². The van der Waals surface area contributed by atoms with Crippen molar-refractivity contribution in [1.82, 2.24) is 4.90 Å². The molecule has 4 atom stereocenters. The highest BCUT2D eigenvalue weighted by atomic mass is 16.5. The van der Waals surface area contributed by atoms with E-state index in [0.717, 1.165) is 12.8 Å². The second-order valence-corrected chi connectivity index (χ2v) is 7.02. The van der Waals surface area contributed by atoms with Gasteiger partial charge in [0.25, 0.3) is 0 Å². The monoisotopic (exact) mass is 319 g/mol. The van der Waals surface area contributed by atoms with Crippen molar-refractivity contribution >= 4 is 5.97 Å². The fraction of sp³-hybridized carbons (Fsp3) is 0.750. The first-order valence-electron chi connectivity index (χ1n) is 9.41. The smallest absolute Gasteiger partial charge is 0.302 e. The summed E-state index contributed by atoms with van der Waals surface area (Å²) < 4.78 is 5.55. The Bertz CT molecular complexity index is 429. The van der Waals surface area contributed by atoms with Gasteiger partial charge in [0.1, 0.15) is 6.10 Å². The standard InChI is InChI=1S/C20H33NO2/c1-4-5-6-7-8-9-11-18-12-10-13-19-14-15-20(23-17(3)22)16(2)21(18)19/h7-9,11,16,18-20H,4-6,10,12-15H2,1-3H3/b8-7+,11-9+/t16-,18+,19?,20+/m0/s1. The summed E-state index contributed by atoms with van der Waals surface area (Å²) in [6.45, 7) is 5.97. The molecule has 0 aromatic rings. The molecule has 0 aliphatic carbocycles. The van der Waals surface area contributed by atoms with Gasteiger partial charge in [0.15, 0.2) is 0 Å². The van der Waals surface area contributed by atoms with Crippen LogP contribution in [0.15, 0.2) is 24.3 Å². The Morgan fingerprint density at radius 2 is 2.04 bits per heavy atom. The molecular weight excluding hydrogens is 286 g/mol. The first-order valence-corrected chi connectivity index (χ1v) is 9.41. The molecule has 2 heterocycles. The number of carbonyl (C=O) groups excluding carboxylic acids is 1. The van der Waals surface area contributed by atoms with E-state index in [4.69, 9.17) is 4.74 Å². The Labute approximate surface area is 141 Å². The number of piperidine rings is 2. The molecule has 2 fully saturated rings. The van der Waals surface area contributed by atoms with Crippen LogP contribution in [0.1, 0.15) is 72.1 Å². The number of unbranched alkanes of at least 4 members (excludes halogenated alkanes) is 2. The predicted molar refractivity (Wildman–Crippen MR) is 95.3 cm³/mol. The first kappa shape index (κ1) is 18.3. The number of hydrogen-bond acceptors (Lipinski definition) is 3. The molecule has 0 amide bonds. The Balaban J connectivity index is 1.97. The number of esters is 1. The van der Waals surface area contributed by atoms with Crippen LogP contribution in [0.25, 0.3) is 0 Å². The number of carbonyl (C=O) groups is 1. The lowest BCUT2D eigenvalue weighted by molar-refractivity contribution is -0.155. The molecule has 2 aliphatic heterocycles. The Morgan fingerprint density at radius 1 is 1.22 bits per heavy atom. The Kier molecular flexibility index (Phi) is 7.35. The van der Waals surface area contributed by atoms with Crippen LogP contribution in [0.2, 0.25) is 0 Å². The third-order valence-corrected chi connectivity index (χ3v) is 5.26. The summed E-state index contributed by atoms with van der Waals surface area (Å²) in [4.78, 5) is 13.9. The summed E-state index contributed by atoms with van der Waals surface area (Å²) in [7, 11) is 0. The number of rotatable bonds is 6. The lowest BCUT2D eigenvalue weighted by Crippen LogP contribution is -2.58. The van der Waals surface area contributed by atoms with E-state index < -0.39 is 0 Å².